The quantitative estimate of drug-likeness (QED) is 0.849. The van der Waals surface area contributed by atoms with E-state index in [9.17, 15) is 14.4 Å². The molecule has 0 radical (unpaired) electrons. The maximum Gasteiger partial charge on any atom is 0.244 e. The highest BCUT2D eigenvalue weighted by atomic mass is 16.2. The number of hydrogen-bond acceptors (Lipinski definition) is 3. The predicted octanol–water partition coefficient (Wildman–Crippen LogP) is 2.00. The zero-order valence-electron chi connectivity index (χ0n) is 15.4. The normalized spacial score (nSPS) is 17.6. The molecule has 0 aliphatic carbocycles. The number of amides is 3. The smallest absolute Gasteiger partial charge is 0.244 e. The van der Waals surface area contributed by atoms with Crippen LogP contribution < -0.4 is 16.0 Å². The molecule has 2 aromatic rings. The first-order valence-electron chi connectivity index (χ1n) is 8.89. The van der Waals surface area contributed by atoms with Crippen LogP contribution in [-0.4, -0.2) is 24.3 Å². The van der Waals surface area contributed by atoms with E-state index in [-0.39, 0.29) is 24.8 Å². The van der Waals surface area contributed by atoms with Crippen molar-refractivity contribution in [2.45, 2.75) is 26.3 Å². The van der Waals surface area contributed by atoms with Gasteiger partial charge in [0.2, 0.25) is 17.7 Å². The minimum atomic E-state index is -0.913. The van der Waals surface area contributed by atoms with Crippen LogP contribution in [0.2, 0.25) is 0 Å². The molecule has 1 aliphatic rings. The van der Waals surface area contributed by atoms with Crippen molar-refractivity contribution in [1.82, 2.24) is 5.32 Å². The van der Waals surface area contributed by atoms with Crippen LogP contribution in [0.5, 0.6) is 0 Å². The van der Waals surface area contributed by atoms with E-state index in [2.05, 4.69) is 5.32 Å². The first-order chi connectivity index (χ1) is 12.9. The van der Waals surface area contributed by atoms with Crippen LogP contribution in [0, 0.1) is 19.8 Å². The van der Waals surface area contributed by atoms with Crippen LogP contribution in [0.1, 0.15) is 29.2 Å². The van der Waals surface area contributed by atoms with Gasteiger partial charge in [-0.25, -0.2) is 0 Å². The van der Waals surface area contributed by atoms with Gasteiger partial charge in [-0.15, -0.1) is 0 Å². The molecule has 3 amide bonds. The highest BCUT2D eigenvalue weighted by Gasteiger charge is 2.37. The SMILES string of the molecule is Cc1cccc(N2CC(C(=O)NC(C(N)=O)c3ccccc3)CC2=O)c1C. The van der Waals surface area contributed by atoms with Gasteiger partial charge in [0.05, 0.1) is 5.92 Å². The Hall–Kier alpha value is -3.15. The molecule has 27 heavy (non-hydrogen) atoms. The molecular weight excluding hydrogens is 342 g/mol. The number of benzene rings is 2. The summed E-state index contributed by atoms with van der Waals surface area (Å²) in [6, 6.07) is 13.7. The van der Waals surface area contributed by atoms with Crippen molar-refractivity contribution in [3.05, 3.63) is 65.2 Å². The highest BCUT2D eigenvalue weighted by molar-refractivity contribution is 6.01. The Labute approximate surface area is 158 Å². The summed E-state index contributed by atoms with van der Waals surface area (Å²) in [5, 5.41) is 2.70. The molecule has 0 spiro atoms. The number of aryl methyl sites for hydroxylation is 1. The van der Waals surface area contributed by atoms with Crippen LogP contribution in [0.15, 0.2) is 48.5 Å². The summed E-state index contributed by atoms with van der Waals surface area (Å²) in [5.41, 5.74) is 9.02. The topological polar surface area (TPSA) is 92.5 Å². The van der Waals surface area contributed by atoms with E-state index in [4.69, 9.17) is 5.73 Å². The van der Waals surface area contributed by atoms with Crippen molar-refractivity contribution in [3.63, 3.8) is 0 Å². The van der Waals surface area contributed by atoms with Crippen LogP contribution in [0.3, 0.4) is 0 Å². The number of carbonyl (C=O) groups excluding carboxylic acids is 3. The molecule has 2 atom stereocenters. The molecule has 0 bridgehead atoms. The molecule has 1 saturated heterocycles. The summed E-state index contributed by atoms with van der Waals surface area (Å²) >= 11 is 0. The van der Waals surface area contributed by atoms with Crippen LogP contribution in [-0.2, 0) is 14.4 Å². The number of primary amides is 1. The Morgan fingerprint density at radius 3 is 2.48 bits per heavy atom. The lowest BCUT2D eigenvalue weighted by atomic mass is 10.0. The van der Waals surface area contributed by atoms with Crippen molar-refractivity contribution in [2.24, 2.45) is 11.7 Å². The second kappa shape index (κ2) is 7.61. The molecule has 6 heteroatoms. The molecular formula is C21H23N3O3. The van der Waals surface area contributed by atoms with E-state index in [1.54, 1.807) is 29.2 Å². The van der Waals surface area contributed by atoms with Gasteiger partial charge in [-0.3, -0.25) is 14.4 Å². The fourth-order valence-electron chi connectivity index (χ4n) is 3.37. The first-order valence-corrected chi connectivity index (χ1v) is 8.89. The average molecular weight is 365 g/mol. The number of nitrogens with zero attached hydrogens (tertiary/aromatic N) is 1. The molecule has 2 unspecified atom stereocenters. The van der Waals surface area contributed by atoms with Crippen molar-refractivity contribution >= 4 is 23.4 Å². The molecule has 140 valence electrons. The summed E-state index contributed by atoms with van der Waals surface area (Å²) in [6.45, 7) is 4.24. The minimum Gasteiger partial charge on any atom is -0.368 e. The zero-order chi connectivity index (χ0) is 19.6. The monoisotopic (exact) mass is 365 g/mol. The minimum absolute atomic E-state index is 0.0980. The Bertz CT molecular complexity index is 879. The van der Waals surface area contributed by atoms with Gasteiger partial charge in [0.1, 0.15) is 6.04 Å². The lowest BCUT2D eigenvalue weighted by Gasteiger charge is -2.21. The molecule has 1 heterocycles. The number of rotatable bonds is 5. The molecule has 1 fully saturated rings. The molecule has 6 nitrogen and oxygen atoms in total. The van der Waals surface area contributed by atoms with E-state index >= 15 is 0 Å². The van der Waals surface area contributed by atoms with Crippen molar-refractivity contribution in [2.75, 3.05) is 11.4 Å². The summed E-state index contributed by atoms with van der Waals surface area (Å²) in [4.78, 5) is 38.7. The van der Waals surface area contributed by atoms with Gasteiger partial charge in [0.25, 0.3) is 0 Å². The van der Waals surface area contributed by atoms with Crippen LogP contribution in [0.4, 0.5) is 5.69 Å². The molecule has 1 aliphatic heterocycles. The number of nitrogens with one attached hydrogen (secondary N) is 1. The van der Waals surface area contributed by atoms with Crippen LogP contribution >= 0.6 is 0 Å². The summed E-state index contributed by atoms with van der Waals surface area (Å²) < 4.78 is 0. The van der Waals surface area contributed by atoms with Crippen molar-refractivity contribution in [3.8, 4) is 0 Å². The number of anilines is 1. The van der Waals surface area contributed by atoms with Gasteiger partial charge in [0.15, 0.2) is 0 Å². The second-order valence-corrected chi connectivity index (χ2v) is 6.88. The number of carbonyl (C=O) groups is 3. The fourth-order valence-corrected chi connectivity index (χ4v) is 3.37. The maximum atomic E-state index is 12.7. The van der Waals surface area contributed by atoms with Crippen molar-refractivity contribution < 1.29 is 14.4 Å². The molecule has 0 saturated carbocycles. The van der Waals surface area contributed by atoms with Gasteiger partial charge in [-0.1, -0.05) is 42.5 Å². The average Bonchev–Trinajstić information content (AvgIpc) is 3.04. The molecule has 3 rings (SSSR count). The lowest BCUT2D eigenvalue weighted by molar-refractivity contribution is -0.130. The zero-order valence-corrected chi connectivity index (χ0v) is 15.4. The lowest BCUT2D eigenvalue weighted by Crippen LogP contribution is -2.41. The van der Waals surface area contributed by atoms with Gasteiger partial charge >= 0.3 is 0 Å². The summed E-state index contributed by atoms with van der Waals surface area (Å²) in [7, 11) is 0. The van der Waals surface area contributed by atoms with E-state index < -0.39 is 17.9 Å². The first kappa shape index (κ1) is 18.6. The number of nitrogens with two attached hydrogens (primary N) is 1. The van der Waals surface area contributed by atoms with Crippen LogP contribution in [0.25, 0.3) is 0 Å². The predicted molar refractivity (Wildman–Crippen MR) is 103 cm³/mol. The van der Waals surface area contributed by atoms with E-state index in [1.807, 2.05) is 38.1 Å². The van der Waals surface area contributed by atoms with Gasteiger partial charge in [-0.2, -0.15) is 0 Å². The molecule has 0 aromatic heterocycles. The number of hydrogen-bond donors (Lipinski definition) is 2. The molecule has 3 N–H and O–H groups in total. The van der Waals surface area contributed by atoms with Crippen molar-refractivity contribution in [1.29, 1.82) is 0 Å². The third-order valence-corrected chi connectivity index (χ3v) is 5.07. The summed E-state index contributed by atoms with van der Waals surface area (Å²) in [5.74, 6) is -1.60. The third-order valence-electron chi connectivity index (χ3n) is 5.07. The largest absolute Gasteiger partial charge is 0.368 e. The summed E-state index contributed by atoms with van der Waals surface area (Å²) in [6.07, 6.45) is 0.111. The Morgan fingerprint density at radius 2 is 1.81 bits per heavy atom. The Morgan fingerprint density at radius 1 is 1.11 bits per heavy atom. The fraction of sp³-hybridized carbons (Fsp3) is 0.286. The van der Waals surface area contributed by atoms with E-state index in [0.717, 1.165) is 16.8 Å². The Kier molecular flexibility index (Phi) is 5.26. The van der Waals surface area contributed by atoms with Gasteiger partial charge in [-0.05, 0) is 36.6 Å². The highest BCUT2D eigenvalue weighted by Crippen LogP contribution is 2.29. The Balaban J connectivity index is 1.75. The van der Waals surface area contributed by atoms with Gasteiger partial charge < -0.3 is 16.0 Å². The second-order valence-electron chi connectivity index (χ2n) is 6.88. The maximum absolute atomic E-state index is 12.7. The van der Waals surface area contributed by atoms with E-state index in [1.165, 1.54) is 0 Å². The van der Waals surface area contributed by atoms with E-state index in [0.29, 0.717) is 5.56 Å². The van der Waals surface area contributed by atoms with Gasteiger partial charge in [0, 0.05) is 18.7 Å². The third kappa shape index (κ3) is 3.84. The standard InChI is InChI=1S/C21H23N3O3/c1-13-7-6-10-17(14(13)2)24-12-16(11-18(24)25)21(27)23-19(20(22)26)15-8-4-3-5-9-15/h3-10,16,19H,11-12H2,1-2H3,(H2,22,26)(H,23,27). The molecule has 2 aromatic carbocycles.